The monoisotopic (exact) mass is 352 g/mol. The molecule has 3 heterocycles. The van der Waals surface area contributed by atoms with E-state index >= 15 is 0 Å². The van der Waals surface area contributed by atoms with Crippen molar-refractivity contribution in [1.82, 2.24) is 24.8 Å². The topological polar surface area (TPSA) is 136 Å². The van der Waals surface area contributed by atoms with Crippen molar-refractivity contribution in [2.45, 2.75) is 12.5 Å². The predicted octanol–water partition coefficient (Wildman–Crippen LogP) is -0.00910. The molecule has 9 nitrogen and oxygen atoms in total. The van der Waals surface area contributed by atoms with Crippen LogP contribution in [0.4, 0.5) is 0 Å². The van der Waals surface area contributed by atoms with Gasteiger partial charge in [-0.05, 0) is 23.8 Å². The lowest BCUT2D eigenvalue weighted by molar-refractivity contribution is -0.137. The smallest absolute Gasteiger partial charge is 0.287 e. The first kappa shape index (κ1) is 17.1. The summed E-state index contributed by atoms with van der Waals surface area (Å²) in [7, 11) is 0. The van der Waals surface area contributed by atoms with Crippen LogP contribution < -0.4 is 11.1 Å². The van der Waals surface area contributed by atoms with Crippen molar-refractivity contribution in [3.8, 4) is 5.82 Å². The third-order valence-electron chi connectivity index (χ3n) is 3.73. The quantitative estimate of drug-likeness (QED) is 0.514. The summed E-state index contributed by atoms with van der Waals surface area (Å²) in [5, 5.41) is 2.56. The van der Waals surface area contributed by atoms with E-state index in [-0.39, 0.29) is 12.1 Å². The summed E-state index contributed by atoms with van der Waals surface area (Å²) in [5.74, 6) is -2.05. The van der Waals surface area contributed by atoms with Crippen LogP contribution in [-0.4, -0.2) is 43.2 Å². The number of nitrogens with one attached hydrogen (secondary N) is 2. The van der Waals surface area contributed by atoms with Crippen LogP contribution in [0.25, 0.3) is 5.82 Å². The normalized spacial score (nSPS) is 11.7. The Hall–Kier alpha value is -3.75. The summed E-state index contributed by atoms with van der Waals surface area (Å²) in [5.41, 5.74) is 6.04. The van der Waals surface area contributed by atoms with E-state index in [4.69, 9.17) is 5.73 Å². The zero-order valence-corrected chi connectivity index (χ0v) is 13.6. The van der Waals surface area contributed by atoms with Crippen molar-refractivity contribution in [3.05, 3.63) is 66.6 Å². The van der Waals surface area contributed by atoms with Gasteiger partial charge in [-0.1, -0.05) is 6.07 Å². The van der Waals surface area contributed by atoms with Crippen LogP contribution in [-0.2, 0) is 16.0 Å². The maximum Gasteiger partial charge on any atom is 0.287 e. The Morgan fingerprint density at radius 2 is 2.12 bits per heavy atom. The summed E-state index contributed by atoms with van der Waals surface area (Å²) in [6.45, 7) is 0. The Labute approximate surface area is 148 Å². The van der Waals surface area contributed by atoms with Crippen molar-refractivity contribution in [2.24, 2.45) is 5.73 Å². The lowest BCUT2D eigenvalue weighted by atomic mass is 10.0. The van der Waals surface area contributed by atoms with E-state index in [0.29, 0.717) is 5.82 Å². The molecule has 26 heavy (non-hydrogen) atoms. The van der Waals surface area contributed by atoms with Gasteiger partial charge >= 0.3 is 0 Å². The predicted molar refractivity (Wildman–Crippen MR) is 91.3 cm³/mol. The van der Waals surface area contributed by atoms with Gasteiger partial charge in [0.25, 0.3) is 11.8 Å². The number of aromatic amines is 1. The summed E-state index contributed by atoms with van der Waals surface area (Å²) in [6.07, 6.45) is 7.86. The highest BCUT2D eigenvalue weighted by Crippen LogP contribution is 2.10. The highest BCUT2D eigenvalue weighted by Gasteiger charge is 2.27. The van der Waals surface area contributed by atoms with E-state index in [1.165, 1.54) is 17.1 Å². The third-order valence-corrected chi connectivity index (χ3v) is 3.73. The Balaban J connectivity index is 1.83. The lowest BCUT2D eigenvalue weighted by Gasteiger charge is -2.16. The van der Waals surface area contributed by atoms with Gasteiger partial charge in [0.2, 0.25) is 5.78 Å². The Morgan fingerprint density at radius 1 is 1.27 bits per heavy atom. The number of carbonyl (C=O) groups excluding carboxylic acids is 3. The zero-order valence-electron chi connectivity index (χ0n) is 13.6. The van der Waals surface area contributed by atoms with Crippen LogP contribution in [0.3, 0.4) is 0 Å². The van der Waals surface area contributed by atoms with Crippen LogP contribution in [0.1, 0.15) is 16.1 Å². The molecule has 132 valence electrons. The van der Waals surface area contributed by atoms with Crippen LogP contribution >= 0.6 is 0 Å². The van der Waals surface area contributed by atoms with Crippen LogP contribution in [0, 0.1) is 0 Å². The number of ketones is 1. The molecule has 1 unspecified atom stereocenters. The van der Waals surface area contributed by atoms with Crippen molar-refractivity contribution < 1.29 is 14.4 Å². The molecule has 0 spiro atoms. The number of pyridine rings is 1. The second-order valence-electron chi connectivity index (χ2n) is 5.51. The maximum absolute atomic E-state index is 12.7. The molecule has 0 aliphatic rings. The van der Waals surface area contributed by atoms with Crippen LogP contribution in [0.15, 0.2) is 55.4 Å². The molecule has 1 atom stereocenters. The minimum atomic E-state index is -1.11. The molecule has 0 aliphatic carbocycles. The molecular weight excluding hydrogens is 336 g/mol. The second kappa shape index (κ2) is 7.43. The van der Waals surface area contributed by atoms with E-state index < -0.39 is 23.6 Å². The number of primary amides is 1. The molecular formula is C17H16N6O3. The average molecular weight is 352 g/mol. The Morgan fingerprint density at radius 3 is 2.77 bits per heavy atom. The first-order valence-electron chi connectivity index (χ1n) is 7.76. The van der Waals surface area contributed by atoms with Gasteiger partial charge < -0.3 is 16.0 Å². The molecule has 0 saturated carbocycles. The fraction of sp³-hybridized carbons (Fsp3) is 0.118. The first-order chi connectivity index (χ1) is 12.6. The fourth-order valence-electron chi connectivity index (χ4n) is 2.48. The minimum Gasteiger partial charge on any atom is -0.367 e. The number of aromatic nitrogens is 4. The Bertz CT molecular complexity index is 917. The summed E-state index contributed by atoms with van der Waals surface area (Å²) in [6, 6.07) is 5.90. The molecule has 2 amide bonds. The van der Waals surface area contributed by atoms with Crippen molar-refractivity contribution in [3.63, 3.8) is 0 Å². The molecule has 3 rings (SSSR count). The molecule has 0 radical (unpaired) electrons. The van der Waals surface area contributed by atoms with Crippen molar-refractivity contribution in [1.29, 1.82) is 0 Å². The number of imidazole rings is 1. The molecule has 0 fully saturated rings. The molecule has 0 aromatic carbocycles. The highest BCUT2D eigenvalue weighted by molar-refractivity contribution is 6.38. The van der Waals surface area contributed by atoms with Crippen LogP contribution in [0.2, 0.25) is 0 Å². The molecule has 4 N–H and O–H groups in total. The van der Waals surface area contributed by atoms with Crippen molar-refractivity contribution >= 4 is 17.6 Å². The maximum atomic E-state index is 12.7. The molecule has 0 aliphatic heterocycles. The van der Waals surface area contributed by atoms with Gasteiger partial charge in [-0.25, -0.2) is 9.97 Å². The number of H-pyrrole nitrogens is 1. The number of rotatable bonds is 7. The molecule has 0 saturated heterocycles. The fourth-order valence-corrected chi connectivity index (χ4v) is 2.48. The van der Waals surface area contributed by atoms with E-state index in [9.17, 15) is 14.4 Å². The highest BCUT2D eigenvalue weighted by atomic mass is 16.2. The molecule has 9 heteroatoms. The van der Waals surface area contributed by atoms with E-state index in [2.05, 4.69) is 20.3 Å². The largest absolute Gasteiger partial charge is 0.367 e. The van der Waals surface area contributed by atoms with E-state index in [1.807, 2.05) is 0 Å². The van der Waals surface area contributed by atoms with Gasteiger partial charge in [0.15, 0.2) is 0 Å². The zero-order chi connectivity index (χ0) is 18.5. The summed E-state index contributed by atoms with van der Waals surface area (Å²) >= 11 is 0. The number of carbonyl (C=O) groups is 3. The van der Waals surface area contributed by atoms with Gasteiger partial charge in [0.1, 0.15) is 23.9 Å². The molecule has 3 aromatic rings. The van der Waals surface area contributed by atoms with Crippen LogP contribution in [0.5, 0.6) is 0 Å². The first-order valence-corrected chi connectivity index (χ1v) is 7.76. The number of amides is 2. The number of nitrogens with zero attached hydrogens (tertiary/aromatic N) is 3. The van der Waals surface area contributed by atoms with Gasteiger partial charge in [-0.2, -0.15) is 0 Å². The SMILES string of the molecule is NC(=O)C(=O)C(Cc1cc[nH]c1)NC(=O)c1cncn1-c1ccccn1. The van der Waals surface area contributed by atoms with Gasteiger partial charge in [-0.3, -0.25) is 19.0 Å². The average Bonchev–Trinajstić information content (AvgIpc) is 3.32. The summed E-state index contributed by atoms with van der Waals surface area (Å²) < 4.78 is 1.48. The number of hydrogen-bond donors (Lipinski definition) is 3. The van der Waals surface area contributed by atoms with E-state index in [0.717, 1.165) is 5.56 Å². The Kier molecular flexibility index (Phi) is 4.88. The number of hydrogen-bond acceptors (Lipinski definition) is 5. The van der Waals surface area contributed by atoms with Gasteiger partial charge in [0, 0.05) is 25.0 Å². The number of Topliss-reactive ketones (excluding diaryl/α,β-unsaturated/α-hetero) is 1. The summed E-state index contributed by atoms with van der Waals surface area (Å²) in [4.78, 5) is 47.0. The number of nitrogens with two attached hydrogens (primary N) is 1. The standard InChI is InChI=1S/C17H16N6O3/c18-16(25)15(24)12(7-11-4-6-19-8-11)22-17(26)13-9-20-10-23(13)14-3-1-2-5-21-14/h1-6,8-10,12,19H,7H2,(H2,18,25)(H,22,26). The minimum absolute atomic E-state index is 0.134. The van der Waals surface area contributed by atoms with Crippen molar-refractivity contribution in [2.75, 3.05) is 0 Å². The van der Waals surface area contributed by atoms with Gasteiger partial charge in [0.05, 0.1) is 6.20 Å². The molecule has 0 bridgehead atoms. The second-order valence-corrected chi connectivity index (χ2v) is 5.51. The third kappa shape index (κ3) is 3.66. The van der Waals surface area contributed by atoms with Gasteiger partial charge in [-0.15, -0.1) is 0 Å². The molecule has 3 aromatic heterocycles. The van der Waals surface area contributed by atoms with E-state index in [1.54, 1.807) is 42.9 Å². The lowest BCUT2D eigenvalue weighted by Crippen LogP contribution is -2.47.